The third kappa shape index (κ3) is 48.9. The highest BCUT2D eigenvalue weighted by Gasteiger charge is 2.51. The number of carbonyl (C=O) groups excluding carboxylic acids is 1. The first-order chi connectivity index (χ1) is 48.1. The summed E-state index contributed by atoms with van der Waals surface area (Å²) in [5, 5.41) is 87.8. The molecule has 2 fully saturated rings. The fraction of sp³-hybridized carbons (Fsp3) is 0.726. The summed E-state index contributed by atoms with van der Waals surface area (Å²) in [6.45, 7) is 2.76. The van der Waals surface area contributed by atoms with Crippen molar-refractivity contribution >= 4 is 5.91 Å². The Kier molecular flexibility index (Phi) is 61.1. The molecule has 0 radical (unpaired) electrons. The molecule has 14 heteroatoms. The van der Waals surface area contributed by atoms with E-state index in [-0.39, 0.29) is 18.9 Å². The minimum absolute atomic E-state index is 0.220. The quantitative estimate of drug-likeness (QED) is 0.0204. The van der Waals surface area contributed by atoms with Crippen molar-refractivity contribution in [1.82, 2.24) is 5.32 Å². The lowest BCUT2D eigenvalue weighted by Crippen LogP contribution is -2.65. The zero-order valence-corrected chi connectivity index (χ0v) is 61.5. The number of aliphatic hydroxyl groups is 8. The monoisotopic (exact) mass is 1370 g/mol. The van der Waals surface area contributed by atoms with E-state index < -0.39 is 86.8 Å². The largest absolute Gasteiger partial charge is 0.394 e. The predicted molar refractivity (Wildman–Crippen MR) is 405 cm³/mol. The Morgan fingerprint density at radius 1 is 0.378 bits per heavy atom. The third-order valence-electron chi connectivity index (χ3n) is 18.4. The van der Waals surface area contributed by atoms with Crippen LogP contribution in [0.15, 0.2) is 134 Å². The second-order valence-corrected chi connectivity index (χ2v) is 27.1. The van der Waals surface area contributed by atoms with Crippen LogP contribution in [0, 0.1) is 0 Å². The highest BCUT2D eigenvalue weighted by atomic mass is 16.7. The van der Waals surface area contributed by atoms with Gasteiger partial charge in [0.15, 0.2) is 12.6 Å². The fourth-order valence-corrected chi connectivity index (χ4v) is 12.2. The molecule has 0 saturated carbocycles. The fourth-order valence-electron chi connectivity index (χ4n) is 12.2. The maximum atomic E-state index is 13.4. The van der Waals surface area contributed by atoms with Gasteiger partial charge in [0, 0.05) is 6.42 Å². The van der Waals surface area contributed by atoms with Gasteiger partial charge in [0.1, 0.15) is 48.8 Å². The average molecular weight is 1380 g/mol. The summed E-state index contributed by atoms with van der Waals surface area (Å²) in [4.78, 5) is 13.4. The Morgan fingerprint density at radius 2 is 0.704 bits per heavy atom. The zero-order chi connectivity index (χ0) is 70.8. The van der Waals surface area contributed by atoms with Crippen LogP contribution < -0.4 is 5.32 Å². The van der Waals surface area contributed by atoms with Gasteiger partial charge < -0.3 is 65.1 Å². The van der Waals surface area contributed by atoms with Crippen molar-refractivity contribution in [1.29, 1.82) is 0 Å². The number of hydrogen-bond acceptors (Lipinski definition) is 13. The summed E-state index contributed by atoms with van der Waals surface area (Å²) in [5.41, 5.74) is 0. The number of allylic oxidation sites excluding steroid dienone is 22. The van der Waals surface area contributed by atoms with Crippen molar-refractivity contribution in [3.8, 4) is 0 Å². The van der Waals surface area contributed by atoms with Crippen LogP contribution in [0.5, 0.6) is 0 Å². The Hall–Kier alpha value is -3.87. The molecule has 0 spiro atoms. The smallest absolute Gasteiger partial charge is 0.220 e. The zero-order valence-electron chi connectivity index (χ0n) is 61.5. The van der Waals surface area contributed by atoms with Crippen LogP contribution in [-0.2, 0) is 23.7 Å². The van der Waals surface area contributed by atoms with Gasteiger partial charge in [-0.25, -0.2) is 0 Å². The van der Waals surface area contributed by atoms with Crippen LogP contribution in [0.2, 0.25) is 0 Å². The SMILES string of the molecule is CC/C=C\C/C=C\C/C=C\C/C=C\C/C=C\C/C=C\C/C=C\C/C=C\C/C=C\C/C=C\C/C=C\CCCCCCCCCC(=O)NC(COC1OC(CO)C(OC2OC(CO)C(O)C(O)C2O)C(O)C1O)C(O)CCCCCCCCCCCCCCCCCCCCCCCCC. The molecule has 562 valence electrons. The Labute approximate surface area is 596 Å². The van der Waals surface area contributed by atoms with Gasteiger partial charge in [0.2, 0.25) is 5.91 Å². The first-order valence-electron chi connectivity index (χ1n) is 39.4. The van der Waals surface area contributed by atoms with E-state index in [4.69, 9.17) is 18.9 Å². The summed E-state index contributed by atoms with van der Waals surface area (Å²) in [7, 11) is 0. The van der Waals surface area contributed by atoms with E-state index in [9.17, 15) is 45.6 Å². The van der Waals surface area contributed by atoms with Crippen molar-refractivity contribution in [2.24, 2.45) is 0 Å². The number of hydrogen-bond donors (Lipinski definition) is 9. The number of carbonyl (C=O) groups is 1. The van der Waals surface area contributed by atoms with Gasteiger partial charge in [0.25, 0.3) is 0 Å². The maximum absolute atomic E-state index is 13.4. The van der Waals surface area contributed by atoms with Crippen molar-refractivity contribution in [2.45, 2.75) is 370 Å². The number of unbranched alkanes of at least 4 members (excludes halogenated alkanes) is 29. The third-order valence-corrected chi connectivity index (χ3v) is 18.4. The summed E-state index contributed by atoms with van der Waals surface area (Å²) in [6.07, 6.45) is 81.8. The van der Waals surface area contributed by atoms with E-state index >= 15 is 0 Å². The van der Waals surface area contributed by atoms with Gasteiger partial charge in [-0.2, -0.15) is 0 Å². The molecule has 14 nitrogen and oxygen atoms in total. The molecule has 0 aromatic heterocycles. The van der Waals surface area contributed by atoms with Crippen molar-refractivity contribution in [3.05, 3.63) is 134 Å². The number of amides is 1. The minimum Gasteiger partial charge on any atom is -0.394 e. The molecule has 0 aromatic carbocycles. The standard InChI is InChI=1S/C84H143NO13/c1-3-5-7-9-11-13-15-17-19-21-23-25-27-28-29-30-31-32-33-34-35-36-37-38-39-40-41-42-43-44-46-48-50-52-54-56-58-60-62-64-66-68-76(89)85-72(71-95-83-81(94)79(92)82(75(70-87)97-83)98-84-80(93)78(91)77(90)74(69-86)96-84)73(88)67-65-63-61-59-57-55-53-51-49-47-45-26-24-22-20-18-16-14-12-10-8-6-4-2/h5,7,11,13,17,19,23,25,28-29,31-32,34-35,37-38,40-41,43-44,48,50,72-75,77-84,86-88,90-94H,3-4,6,8-10,12,14-16,18,20-22,24,26-27,30,33,36,39,42,45-47,49,51-71H2,1-2H3,(H,85,89)/b7-5-,13-11-,19-17-,25-23-,29-28-,32-31-,35-34-,38-37-,41-40-,44-43-,50-48-. The van der Waals surface area contributed by atoms with Crippen molar-refractivity contribution in [2.75, 3.05) is 19.8 Å². The Bertz CT molecular complexity index is 2160. The number of aliphatic hydroxyl groups excluding tert-OH is 8. The number of rotatable bonds is 64. The van der Waals surface area contributed by atoms with Crippen LogP contribution in [0.25, 0.3) is 0 Å². The number of nitrogens with one attached hydrogen (secondary N) is 1. The first-order valence-corrected chi connectivity index (χ1v) is 39.4. The van der Waals surface area contributed by atoms with Crippen LogP contribution in [0.1, 0.15) is 296 Å². The van der Waals surface area contributed by atoms with Gasteiger partial charge in [-0.1, -0.05) is 327 Å². The normalized spacial score (nSPS) is 22.8. The average Bonchev–Trinajstić information content (AvgIpc) is 0.793. The number of ether oxygens (including phenoxy) is 4. The summed E-state index contributed by atoms with van der Waals surface area (Å²) in [5.74, 6) is -0.220. The van der Waals surface area contributed by atoms with Crippen molar-refractivity contribution < 1.29 is 64.6 Å². The van der Waals surface area contributed by atoms with Gasteiger partial charge in [-0.05, 0) is 96.3 Å². The highest BCUT2D eigenvalue weighted by Crippen LogP contribution is 2.30. The van der Waals surface area contributed by atoms with Gasteiger partial charge in [0.05, 0.1) is 32.0 Å². The van der Waals surface area contributed by atoms with Gasteiger partial charge in [-0.15, -0.1) is 0 Å². The molecule has 0 aromatic rings. The summed E-state index contributed by atoms with van der Waals surface area (Å²) >= 11 is 0. The molecule has 2 aliphatic rings. The molecule has 98 heavy (non-hydrogen) atoms. The summed E-state index contributed by atoms with van der Waals surface area (Å²) < 4.78 is 23.0. The molecule has 2 rings (SSSR count). The van der Waals surface area contributed by atoms with E-state index in [1.165, 1.54) is 128 Å². The Morgan fingerprint density at radius 3 is 1.08 bits per heavy atom. The van der Waals surface area contributed by atoms with Crippen LogP contribution in [-0.4, -0.2) is 140 Å². The lowest BCUT2D eigenvalue weighted by atomic mass is 9.97. The molecular weight excluding hydrogens is 1230 g/mol. The van der Waals surface area contributed by atoms with Crippen LogP contribution in [0.3, 0.4) is 0 Å². The van der Waals surface area contributed by atoms with Gasteiger partial charge >= 0.3 is 0 Å². The first kappa shape index (κ1) is 90.2. The van der Waals surface area contributed by atoms with E-state index in [0.717, 1.165) is 135 Å². The molecule has 2 heterocycles. The molecule has 12 atom stereocenters. The van der Waals surface area contributed by atoms with Crippen LogP contribution >= 0.6 is 0 Å². The Balaban J connectivity index is 1.63. The molecule has 12 unspecified atom stereocenters. The van der Waals surface area contributed by atoms with E-state index in [1.807, 2.05) is 0 Å². The van der Waals surface area contributed by atoms with Gasteiger partial charge in [-0.3, -0.25) is 4.79 Å². The maximum Gasteiger partial charge on any atom is 0.220 e. The van der Waals surface area contributed by atoms with E-state index in [1.54, 1.807) is 0 Å². The molecule has 2 aliphatic heterocycles. The molecule has 0 aliphatic carbocycles. The van der Waals surface area contributed by atoms with Crippen molar-refractivity contribution in [3.63, 3.8) is 0 Å². The highest BCUT2D eigenvalue weighted by molar-refractivity contribution is 5.76. The lowest BCUT2D eigenvalue weighted by Gasteiger charge is -2.46. The lowest BCUT2D eigenvalue weighted by molar-refractivity contribution is -0.359. The minimum atomic E-state index is -1.79. The molecular formula is C84H143NO13. The second kappa shape index (κ2) is 66.4. The predicted octanol–water partition coefficient (Wildman–Crippen LogP) is 17.8. The molecule has 9 N–H and O–H groups in total. The molecule has 0 bridgehead atoms. The molecule has 2 saturated heterocycles. The second-order valence-electron chi connectivity index (χ2n) is 27.1. The summed E-state index contributed by atoms with van der Waals surface area (Å²) in [6, 6.07) is -0.846. The van der Waals surface area contributed by atoms with E-state index in [2.05, 4.69) is 153 Å². The topological polar surface area (TPSA) is 228 Å². The van der Waals surface area contributed by atoms with E-state index in [0.29, 0.717) is 12.8 Å². The van der Waals surface area contributed by atoms with Crippen LogP contribution in [0.4, 0.5) is 0 Å². The molecule has 1 amide bonds.